The maximum Gasteiger partial charge on any atom is 0.276 e. The number of hydrogen-bond donors (Lipinski definition) is 2. The molecule has 0 spiro atoms. The lowest BCUT2D eigenvalue weighted by Crippen LogP contribution is -2.65. The molecule has 0 radical (unpaired) electrons. The summed E-state index contributed by atoms with van der Waals surface area (Å²) in [4.78, 5) is 24.6. The summed E-state index contributed by atoms with van der Waals surface area (Å²) < 4.78 is 5.37. The molecule has 1 aromatic carbocycles. The highest BCUT2D eigenvalue weighted by Gasteiger charge is 2.41. The molecule has 0 bridgehead atoms. The molecule has 128 valence electrons. The molecule has 6 nitrogen and oxygen atoms in total. The van der Waals surface area contributed by atoms with Crippen molar-refractivity contribution in [3.63, 3.8) is 0 Å². The predicted molar refractivity (Wildman–Crippen MR) is 93.4 cm³/mol. The van der Waals surface area contributed by atoms with E-state index in [1.165, 1.54) is 0 Å². The third-order valence-corrected chi connectivity index (χ3v) is 4.79. The molecule has 2 amide bonds. The molecular weight excluding hydrogens is 350 g/mol. The summed E-state index contributed by atoms with van der Waals surface area (Å²) in [6.07, 6.45) is 3.85. The van der Waals surface area contributed by atoms with Crippen molar-refractivity contribution >= 4 is 40.7 Å². The van der Waals surface area contributed by atoms with Crippen LogP contribution in [-0.2, 0) is 9.59 Å². The van der Waals surface area contributed by atoms with Crippen LogP contribution in [-0.4, -0.2) is 34.6 Å². The van der Waals surface area contributed by atoms with Gasteiger partial charge in [0, 0.05) is 11.1 Å². The molecular formula is C16H18ClN3O3S. The van der Waals surface area contributed by atoms with E-state index in [0.29, 0.717) is 10.8 Å². The molecule has 1 aromatic rings. The van der Waals surface area contributed by atoms with Crippen LogP contribution in [0.4, 0.5) is 0 Å². The van der Waals surface area contributed by atoms with Crippen molar-refractivity contribution in [1.82, 2.24) is 15.8 Å². The van der Waals surface area contributed by atoms with E-state index in [-0.39, 0.29) is 29.6 Å². The van der Waals surface area contributed by atoms with Crippen LogP contribution in [0.3, 0.4) is 0 Å². The van der Waals surface area contributed by atoms with Gasteiger partial charge in [-0.15, -0.1) is 0 Å². The zero-order valence-electron chi connectivity index (χ0n) is 13.0. The number of amides is 2. The van der Waals surface area contributed by atoms with Crippen molar-refractivity contribution in [3.05, 3.63) is 29.3 Å². The average Bonchev–Trinajstić information content (AvgIpc) is 2.58. The maximum atomic E-state index is 12.5. The van der Waals surface area contributed by atoms with E-state index in [4.69, 9.17) is 28.6 Å². The fraction of sp³-hybridized carbons (Fsp3) is 0.438. The Morgan fingerprint density at radius 1 is 1.33 bits per heavy atom. The molecule has 3 rings (SSSR count). The van der Waals surface area contributed by atoms with E-state index in [1.54, 1.807) is 24.3 Å². The zero-order valence-corrected chi connectivity index (χ0v) is 14.5. The number of hydrazine groups is 1. The number of hydrogen-bond acceptors (Lipinski definition) is 4. The molecule has 8 heteroatoms. The number of carbonyl (C=O) groups excluding carboxylic acids is 2. The SMILES string of the molecule is O=C(COc1ccc(Cl)cc1)NN1C(=O)C2CCCCC2NC1=S. The van der Waals surface area contributed by atoms with E-state index < -0.39 is 5.91 Å². The minimum Gasteiger partial charge on any atom is -0.484 e. The topological polar surface area (TPSA) is 70.7 Å². The fourth-order valence-corrected chi connectivity index (χ4v) is 3.44. The Bertz CT molecular complexity index is 652. The summed E-state index contributed by atoms with van der Waals surface area (Å²) in [6, 6.07) is 6.76. The third kappa shape index (κ3) is 3.79. The van der Waals surface area contributed by atoms with Crippen molar-refractivity contribution in [2.75, 3.05) is 6.61 Å². The number of benzene rings is 1. The molecule has 1 aliphatic heterocycles. The number of carbonyl (C=O) groups is 2. The minimum absolute atomic E-state index is 0.0808. The van der Waals surface area contributed by atoms with Crippen LogP contribution in [0.25, 0.3) is 0 Å². The van der Waals surface area contributed by atoms with Gasteiger partial charge in [-0.2, -0.15) is 5.01 Å². The predicted octanol–water partition coefficient (Wildman–Crippen LogP) is 2.03. The van der Waals surface area contributed by atoms with Gasteiger partial charge in [-0.3, -0.25) is 15.0 Å². The third-order valence-electron chi connectivity index (χ3n) is 4.24. The number of fused-ring (bicyclic) bond motifs is 1. The molecule has 1 aliphatic carbocycles. The largest absolute Gasteiger partial charge is 0.484 e. The second-order valence-corrected chi connectivity index (χ2v) is 6.72. The van der Waals surface area contributed by atoms with Crippen LogP contribution < -0.4 is 15.5 Å². The first-order valence-corrected chi connectivity index (χ1v) is 8.65. The summed E-state index contributed by atoms with van der Waals surface area (Å²) in [6.45, 7) is -0.220. The van der Waals surface area contributed by atoms with Gasteiger partial charge >= 0.3 is 0 Å². The molecule has 2 aliphatic rings. The Balaban J connectivity index is 1.56. The van der Waals surface area contributed by atoms with Crippen LogP contribution >= 0.6 is 23.8 Å². The van der Waals surface area contributed by atoms with Gasteiger partial charge in [0.25, 0.3) is 11.8 Å². The Morgan fingerprint density at radius 2 is 2.04 bits per heavy atom. The van der Waals surface area contributed by atoms with Crippen molar-refractivity contribution in [1.29, 1.82) is 0 Å². The zero-order chi connectivity index (χ0) is 17.1. The summed E-state index contributed by atoms with van der Waals surface area (Å²) in [5.74, 6) is -0.212. The lowest BCUT2D eigenvalue weighted by molar-refractivity contribution is -0.143. The molecule has 1 saturated heterocycles. The van der Waals surface area contributed by atoms with Crippen LogP contribution in [0.5, 0.6) is 5.75 Å². The first-order valence-electron chi connectivity index (χ1n) is 7.87. The van der Waals surface area contributed by atoms with Gasteiger partial charge in [0.2, 0.25) is 0 Å². The summed E-state index contributed by atoms with van der Waals surface area (Å²) >= 11 is 11.0. The van der Waals surface area contributed by atoms with Gasteiger partial charge in [0.05, 0.1) is 5.92 Å². The van der Waals surface area contributed by atoms with Crippen LogP contribution in [0, 0.1) is 5.92 Å². The Morgan fingerprint density at radius 3 is 2.79 bits per heavy atom. The van der Waals surface area contributed by atoms with Gasteiger partial charge < -0.3 is 10.1 Å². The number of rotatable bonds is 4. The molecule has 1 heterocycles. The van der Waals surface area contributed by atoms with Gasteiger partial charge in [-0.1, -0.05) is 24.4 Å². The summed E-state index contributed by atoms with van der Waals surface area (Å²) in [5, 5.41) is 5.11. The molecule has 0 aromatic heterocycles. The first kappa shape index (κ1) is 17.0. The normalized spacial score (nSPS) is 23.3. The van der Waals surface area contributed by atoms with E-state index in [0.717, 1.165) is 30.7 Å². The first-order chi connectivity index (χ1) is 11.5. The van der Waals surface area contributed by atoms with Gasteiger partial charge in [0.1, 0.15) is 5.75 Å². The fourth-order valence-electron chi connectivity index (χ4n) is 3.03. The molecule has 2 atom stereocenters. The molecule has 1 saturated carbocycles. The number of halogens is 1. The monoisotopic (exact) mass is 367 g/mol. The number of nitrogens with zero attached hydrogens (tertiary/aromatic N) is 1. The lowest BCUT2D eigenvalue weighted by Gasteiger charge is -2.41. The van der Waals surface area contributed by atoms with Crippen molar-refractivity contribution in [2.24, 2.45) is 5.92 Å². The Kier molecular flexibility index (Phi) is 5.20. The molecule has 24 heavy (non-hydrogen) atoms. The van der Waals surface area contributed by atoms with Crippen LogP contribution in [0.15, 0.2) is 24.3 Å². The van der Waals surface area contributed by atoms with E-state index in [1.807, 2.05) is 0 Å². The maximum absolute atomic E-state index is 12.5. The number of thiocarbonyl (C=S) groups is 1. The highest BCUT2D eigenvalue weighted by molar-refractivity contribution is 7.80. The number of ether oxygens (including phenoxy) is 1. The van der Waals surface area contributed by atoms with Crippen LogP contribution in [0.2, 0.25) is 5.02 Å². The number of nitrogens with one attached hydrogen (secondary N) is 2. The van der Waals surface area contributed by atoms with Crippen LogP contribution in [0.1, 0.15) is 25.7 Å². The molecule has 2 N–H and O–H groups in total. The highest BCUT2D eigenvalue weighted by Crippen LogP contribution is 2.28. The smallest absolute Gasteiger partial charge is 0.276 e. The van der Waals surface area contributed by atoms with Gasteiger partial charge in [-0.05, 0) is 49.3 Å². The molecule has 2 fully saturated rings. The van der Waals surface area contributed by atoms with Crippen molar-refractivity contribution in [3.8, 4) is 5.75 Å². The second-order valence-electron chi connectivity index (χ2n) is 5.90. The molecule has 2 unspecified atom stereocenters. The van der Waals surface area contributed by atoms with E-state index in [2.05, 4.69) is 10.7 Å². The lowest BCUT2D eigenvalue weighted by atomic mass is 9.83. The van der Waals surface area contributed by atoms with E-state index in [9.17, 15) is 9.59 Å². The average molecular weight is 368 g/mol. The Hall–Kier alpha value is -1.86. The summed E-state index contributed by atoms with van der Waals surface area (Å²) in [7, 11) is 0. The minimum atomic E-state index is -0.447. The van der Waals surface area contributed by atoms with Crippen molar-refractivity contribution < 1.29 is 14.3 Å². The standard InChI is InChI=1S/C16H18ClN3O3S/c17-10-5-7-11(8-6-10)23-9-14(21)19-20-15(22)12-3-1-2-4-13(12)18-16(20)24/h5-8,12-13H,1-4,9H2,(H,18,24)(H,19,21). The Labute approximate surface area is 150 Å². The van der Waals surface area contributed by atoms with E-state index >= 15 is 0 Å². The van der Waals surface area contributed by atoms with Gasteiger partial charge in [-0.25, -0.2) is 0 Å². The van der Waals surface area contributed by atoms with Gasteiger partial charge in [0.15, 0.2) is 11.7 Å². The van der Waals surface area contributed by atoms with Crippen molar-refractivity contribution in [2.45, 2.75) is 31.7 Å². The quantitative estimate of drug-likeness (QED) is 0.797. The summed E-state index contributed by atoms with van der Waals surface area (Å²) in [5.41, 5.74) is 2.52. The second kappa shape index (κ2) is 7.36. The highest BCUT2D eigenvalue weighted by atomic mass is 35.5.